The van der Waals surface area contributed by atoms with Crippen molar-refractivity contribution < 1.29 is 19.4 Å². The van der Waals surface area contributed by atoms with E-state index in [0.717, 1.165) is 0 Å². The largest absolute Gasteiger partial charge is 0.392 e. The number of aliphatic hydroxyl groups excluding tert-OH is 1. The fourth-order valence-electron chi connectivity index (χ4n) is 1.49. The molecule has 0 aromatic carbocycles. The lowest BCUT2D eigenvalue weighted by molar-refractivity contribution is -0.143. The average molecular weight is 452 g/mol. The summed E-state index contributed by atoms with van der Waals surface area (Å²) >= 11 is 33.7. The van der Waals surface area contributed by atoms with Crippen molar-refractivity contribution in [2.24, 2.45) is 5.73 Å². The molecule has 0 atom stereocenters. The Balaban J connectivity index is 4.82. The number of carbonyl (C=O) groups is 1. The van der Waals surface area contributed by atoms with E-state index in [0.29, 0.717) is 5.57 Å². The van der Waals surface area contributed by atoms with Gasteiger partial charge < -0.3 is 20.3 Å². The monoisotopic (exact) mass is 449 g/mol. The number of nitrogens with two attached hydrogens (primary N) is 1. The second-order valence-corrected chi connectivity index (χ2v) is 9.63. The molecular weight excluding hydrogens is 435 g/mol. The van der Waals surface area contributed by atoms with Gasteiger partial charge in [0.25, 0.3) is 0 Å². The summed E-state index contributed by atoms with van der Waals surface area (Å²) in [5.74, 6) is -0.655. The Hall–Kier alpha value is 0.830. The number of rotatable bonds is 9. The van der Waals surface area contributed by atoms with E-state index in [9.17, 15) is 4.79 Å². The molecule has 0 aliphatic carbocycles. The molecule has 0 saturated carbocycles. The summed E-state index contributed by atoms with van der Waals surface area (Å²) in [6.07, 6.45) is -0.550. The highest BCUT2D eigenvalue weighted by Crippen LogP contribution is 2.29. The number of halogens is 6. The second kappa shape index (κ2) is 10.7. The summed E-state index contributed by atoms with van der Waals surface area (Å²) < 4.78 is 7.33. The minimum Gasteiger partial charge on any atom is -0.392 e. The minimum absolute atomic E-state index is 0.173. The van der Waals surface area contributed by atoms with Crippen LogP contribution in [0.5, 0.6) is 0 Å². The molecule has 5 nitrogen and oxygen atoms in total. The Labute approximate surface area is 164 Å². The van der Waals surface area contributed by atoms with Gasteiger partial charge in [0.1, 0.15) is 0 Å². The fourth-order valence-corrected chi connectivity index (χ4v) is 1.87. The summed E-state index contributed by atoms with van der Waals surface area (Å²) in [6, 6.07) is 0. The highest BCUT2D eigenvalue weighted by molar-refractivity contribution is 6.68. The zero-order chi connectivity index (χ0) is 18.3. The molecule has 0 unspecified atom stereocenters. The van der Waals surface area contributed by atoms with Gasteiger partial charge in [-0.2, -0.15) is 0 Å². The Kier molecular flexibility index (Phi) is 11.1. The molecule has 0 fully saturated rings. The van der Waals surface area contributed by atoms with Gasteiger partial charge >= 0.3 is 0 Å². The van der Waals surface area contributed by atoms with Crippen LogP contribution in [-0.4, -0.2) is 44.7 Å². The molecule has 3 N–H and O–H groups in total. The number of amides is 1. The quantitative estimate of drug-likeness (QED) is 0.318. The number of ether oxygens (including phenoxy) is 2. The van der Waals surface area contributed by atoms with Crippen molar-refractivity contribution in [1.82, 2.24) is 0 Å². The molecule has 136 valence electrons. The maximum absolute atomic E-state index is 11.4. The van der Waals surface area contributed by atoms with Crippen molar-refractivity contribution in [3.8, 4) is 0 Å². The van der Waals surface area contributed by atoms with E-state index in [-0.39, 0.29) is 38.2 Å². The van der Waals surface area contributed by atoms with Crippen LogP contribution in [-0.2, 0) is 14.3 Å². The zero-order valence-corrected chi connectivity index (χ0v) is 16.7. The fraction of sp³-hybridized carbons (Fsp3) is 0.750. The first-order valence-corrected chi connectivity index (χ1v) is 8.58. The molecule has 0 saturated heterocycles. The van der Waals surface area contributed by atoms with Crippen LogP contribution in [0.3, 0.4) is 0 Å². The average Bonchev–Trinajstić information content (AvgIpc) is 2.38. The lowest BCUT2D eigenvalue weighted by Crippen LogP contribution is -2.28. The number of hydrogen-bond donors (Lipinski definition) is 2. The summed E-state index contributed by atoms with van der Waals surface area (Å²) in [5, 5.41) is 9.11. The molecule has 0 heterocycles. The second-order valence-electron chi connectivity index (χ2n) is 4.60. The van der Waals surface area contributed by atoms with Crippen LogP contribution >= 0.6 is 69.6 Å². The van der Waals surface area contributed by atoms with Crippen molar-refractivity contribution in [2.45, 2.75) is 33.6 Å². The molecule has 0 bridgehead atoms. The smallest absolute Gasteiger partial charge is 0.244 e. The predicted molar refractivity (Wildman–Crippen MR) is 94.5 cm³/mol. The molecule has 23 heavy (non-hydrogen) atoms. The van der Waals surface area contributed by atoms with E-state index in [1.165, 1.54) is 0 Å². The van der Waals surface area contributed by atoms with Gasteiger partial charge in [0.05, 0.1) is 19.8 Å². The van der Waals surface area contributed by atoms with Crippen LogP contribution in [0.15, 0.2) is 11.1 Å². The van der Waals surface area contributed by atoms with Crippen LogP contribution < -0.4 is 5.73 Å². The Morgan fingerprint density at radius 2 is 1.52 bits per heavy atom. The van der Waals surface area contributed by atoms with Crippen molar-refractivity contribution in [1.29, 1.82) is 0 Å². The SMILES string of the molecule is C/C(CO)=C(\CCC(OCC(Cl)(Cl)Cl)OCC(Cl)(Cl)Cl)C(N)=O. The molecule has 0 aromatic heterocycles. The molecule has 0 aliphatic rings. The number of primary amides is 1. The summed E-state index contributed by atoms with van der Waals surface area (Å²) in [4.78, 5) is 11.4. The van der Waals surface area contributed by atoms with E-state index < -0.39 is 19.8 Å². The van der Waals surface area contributed by atoms with Crippen molar-refractivity contribution in [3.05, 3.63) is 11.1 Å². The van der Waals surface area contributed by atoms with Gasteiger partial charge in [-0.05, 0) is 18.9 Å². The van der Waals surface area contributed by atoms with Crippen LogP contribution in [0.2, 0.25) is 0 Å². The minimum atomic E-state index is -1.65. The van der Waals surface area contributed by atoms with Gasteiger partial charge in [-0.3, -0.25) is 4.79 Å². The lowest BCUT2D eigenvalue weighted by Gasteiger charge is -2.23. The third-order valence-corrected chi connectivity index (χ3v) is 3.20. The van der Waals surface area contributed by atoms with Gasteiger partial charge in [0, 0.05) is 12.0 Å². The van der Waals surface area contributed by atoms with Gasteiger partial charge in [-0.25, -0.2) is 0 Å². The van der Waals surface area contributed by atoms with Crippen LogP contribution in [0.1, 0.15) is 19.8 Å². The molecular formula is C12H17Cl6NO4. The maximum atomic E-state index is 11.4. The van der Waals surface area contributed by atoms with E-state index >= 15 is 0 Å². The highest BCUT2D eigenvalue weighted by Gasteiger charge is 2.26. The van der Waals surface area contributed by atoms with Crippen LogP contribution in [0, 0.1) is 0 Å². The number of hydrogen-bond acceptors (Lipinski definition) is 4. The first-order chi connectivity index (χ1) is 10.4. The van der Waals surface area contributed by atoms with Crippen LogP contribution in [0.4, 0.5) is 0 Å². The number of aliphatic hydroxyl groups is 1. The van der Waals surface area contributed by atoms with Gasteiger partial charge in [0.2, 0.25) is 13.5 Å². The van der Waals surface area contributed by atoms with E-state index in [4.69, 9.17) is 89.9 Å². The molecule has 0 spiro atoms. The molecule has 11 heteroatoms. The Morgan fingerprint density at radius 3 is 1.83 bits per heavy atom. The first kappa shape index (κ1) is 23.8. The molecule has 0 radical (unpaired) electrons. The maximum Gasteiger partial charge on any atom is 0.244 e. The zero-order valence-electron chi connectivity index (χ0n) is 12.1. The van der Waals surface area contributed by atoms with Crippen molar-refractivity contribution >= 4 is 75.5 Å². The van der Waals surface area contributed by atoms with Gasteiger partial charge in [-0.1, -0.05) is 69.6 Å². The van der Waals surface area contributed by atoms with Crippen molar-refractivity contribution in [3.63, 3.8) is 0 Å². The predicted octanol–water partition coefficient (Wildman–Crippen LogP) is 3.66. The Bertz CT molecular complexity index is 401. The van der Waals surface area contributed by atoms with Gasteiger partial charge in [0.15, 0.2) is 6.29 Å². The molecule has 0 rings (SSSR count). The highest BCUT2D eigenvalue weighted by atomic mass is 35.6. The first-order valence-electron chi connectivity index (χ1n) is 6.31. The number of alkyl halides is 6. The molecule has 0 aliphatic heterocycles. The van der Waals surface area contributed by atoms with E-state index in [2.05, 4.69) is 0 Å². The summed E-state index contributed by atoms with van der Waals surface area (Å²) in [6.45, 7) is 0.750. The van der Waals surface area contributed by atoms with E-state index in [1.807, 2.05) is 0 Å². The molecule has 0 aromatic rings. The Morgan fingerprint density at radius 1 is 1.09 bits per heavy atom. The topological polar surface area (TPSA) is 81.8 Å². The molecule has 1 amide bonds. The summed E-state index contributed by atoms with van der Waals surface area (Å²) in [5.41, 5.74) is 5.97. The van der Waals surface area contributed by atoms with E-state index in [1.54, 1.807) is 6.92 Å². The number of carbonyl (C=O) groups excluding carboxylic acids is 1. The van der Waals surface area contributed by atoms with Crippen molar-refractivity contribution in [2.75, 3.05) is 19.8 Å². The third-order valence-electron chi connectivity index (χ3n) is 2.55. The van der Waals surface area contributed by atoms with Crippen LogP contribution in [0.25, 0.3) is 0 Å². The summed E-state index contributed by atoms with van der Waals surface area (Å²) in [7, 11) is 0. The van der Waals surface area contributed by atoms with Gasteiger partial charge in [-0.15, -0.1) is 0 Å². The standard InChI is InChI=1S/C12H17Cl6NO4/c1-7(4-20)8(10(19)21)2-3-9(22-5-11(13,14)15)23-6-12(16,17)18/h9,20H,2-6H2,1H3,(H2,19,21)/b8-7-. The normalized spacial score (nSPS) is 14.1. The lowest BCUT2D eigenvalue weighted by atomic mass is 10.0. The third kappa shape index (κ3) is 12.8.